The van der Waals surface area contributed by atoms with Crippen LogP contribution in [0.5, 0.6) is 6.01 Å². The molecule has 2 atom stereocenters. The number of anilines is 1. The summed E-state index contributed by atoms with van der Waals surface area (Å²) < 4.78 is 50.5. The molecule has 3 saturated carbocycles. The highest BCUT2D eigenvalue weighted by Gasteiger charge is 2.50. The highest BCUT2D eigenvalue weighted by atomic mass is 19.1. The fourth-order valence-electron chi connectivity index (χ4n) is 9.24. The minimum atomic E-state index is -0.971. The first-order valence-corrected chi connectivity index (χ1v) is 18.6. The first-order valence-electron chi connectivity index (χ1n) is 18.6. The Morgan fingerprint density at radius 3 is 2.35 bits per heavy atom. The van der Waals surface area contributed by atoms with Gasteiger partial charge in [-0.3, -0.25) is 15.0 Å². The van der Waals surface area contributed by atoms with Crippen LogP contribution in [0.3, 0.4) is 0 Å². The SMILES string of the molecule is C#Cc1c(F)ccc2cccc(-c3c([N+](=O)[O-])cc4c(N5C[C@H]6CC[C@@H](C5)N6C(=O)OC(C)(C)C)nc(OCC56CCC(OC)(CC5)CC6)nc4c3F)c12. The van der Waals surface area contributed by atoms with Crippen molar-refractivity contribution in [1.29, 1.82) is 0 Å². The number of halogens is 2. The van der Waals surface area contributed by atoms with Crippen LogP contribution in [0, 0.1) is 39.5 Å². The molecule has 0 spiro atoms. The average molecular weight is 740 g/mol. The van der Waals surface area contributed by atoms with Gasteiger partial charge in [-0.2, -0.15) is 9.97 Å². The molecule has 13 heteroatoms. The molecule has 0 radical (unpaired) electrons. The van der Waals surface area contributed by atoms with Gasteiger partial charge in [0.2, 0.25) is 0 Å². The molecule has 2 aliphatic heterocycles. The van der Waals surface area contributed by atoms with Crippen LogP contribution >= 0.6 is 0 Å². The average Bonchev–Trinajstić information content (AvgIpc) is 3.43. The lowest BCUT2D eigenvalue weighted by Crippen LogP contribution is -2.57. The van der Waals surface area contributed by atoms with Gasteiger partial charge in [-0.1, -0.05) is 30.2 Å². The zero-order valence-electron chi connectivity index (χ0n) is 30.9. The van der Waals surface area contributed by atoms with Gasteiger partial charge in [-0.05, 0) is 83.6 Å². The molecule has 4 aromatic rings. The first kappa shape index (κ1) is 35.9. The molecule has 282 valence electrons. The van der Waals surface area contributed by atoms with E-state index >= 15 is 8.78 Å². The van der Waals surface area contributed by atoms with Gasteiger partial charge >= 0.3 is 12.1 Å². The summed E-state index contributed by atoms with van der Waals surface area (Å²) in [6, 6.07) is 8.33. The largest absolute Gasteiger partial charge is 0.463 e. The second-order valence-corrected chi connectivity index (χ2v) is 16.4. The summed E-state index contributed by atoms with van der Waals surface area (Å²) in [5.41, 5.74) is -1.99. The summed E-state index contributed by atoms with van der Waals surface area (Å²) in [6.45, 7) is 6.48. The van der Waals surface area contributed by atoms with Crippen molar-refractivity contribution >= 4 is 39.3 Å². The molecule has 1 amide bonds. The van der Waals surface area contributed by atoms with Gasteiger partial charge in [0.25, 0.3) is 5.69 Å². The van der Waals surface area contributed by atoms with Crippen molar-refractivity contribution in [2.75, 3.05) is 31.7 Å². The summed E-state index contributed by atoms with van der Waals surface area (Å²) in [6.07, 6.45) is 12.3. The molecule has 9 rings (SSSR count). The van der Waals surface area contributed by atoms with Crippen LogP contribution < -0.4 is 9.64 Å². The number of methoxy groups -OCH3 is 1. The number of rotatable bonds is 7. The van der Waals surface area contributed by atoms with Crippen molar-refractivity contribution < 1.29 is 32.7 Å². The second kappa shape index (κ2) is 13.0. The lowest BCUT2D eigenvalue weighted by molar-refractivity contribution is -0.384. The number of nitro benzene ring substituents is 1. The van der Waals surface area contributed by atoms with Crippen LogP contribution in [-0.4, -0.2) is 76.0 Å². The minimum absolute atomic E-state index is 0.0464. The van der Waals surface area contributed by atoms with E-state index in [4.69, 9.17) is 25.6 Å². The molecule has 1 aromatic heterocycles. The predicted octanol–water partition coefficient (Wildman–Crippen LogP) is 8.32. The van der Waals surface area contributed by atoms with E-state index in [-0.39, 0.29) is 67.9 Å². The number of hydrogen-bond donors (Lipinski definition) is 0. The number of aromatic nitrogens is 2. The third-order valence-corrected chi connectivity index (χ3v) is 12.1. The molecule has 5 aliphatic rings. The van der Waals surface area contributed by atoms with Crippen molar-refractivity contribution in [2.45, 2.75) is 95.4 Å². The Bertz CT molecular complexity index is 2210. The van der Waals surface area contributed by atoms with Crippen LogP contribution in [0.15, 0.2) is 36.4 Å². The Labute approximate surface area is 312 Å². The van der Waals surface area contributed by atoms with Crippen LogP contribution in [0.25, 0.3) is 32.8 Å². The van der Waals surface area contributed by atoms with E-state index in [1.165, 1.54) is 24.3 Å². The summed E-state index contributed by atoms with van der Waals surface area (Å²) in [4.78, 5) is 38.6. The molecular weight excluding hydrogens is 696 g/mol. The summed E-state index contributed by atoms with van der Waals surface area (Å²) in [5.74, 6) is 0.962. The first-order chi connectivity index (χ1) is 25.7. The normalized spacial score (nSPS) is 24.9. The maximum absolute atomic E-state index is 17.4. The van der Waals surface area contributed by atoms with E-state index in [0.29, 0.717) is 25.1 Å². The summed E-state index contributed by atoms with van der Waals surface area (Å²) >= 11 is 0. The maximum Gasteiger partial charge on any atom is 0.410 e. The highest BCUT2D eigenvalue weighted by molar-refractivity contribution is 6.06. The van der Waals surface area contributed by atoms with E-state index in [1.54, 1.807) is 24.1 Å². The Morgan fingerprint density at radius 2 is 1.74 bits per heavy atom. The number of nitrogens with zero attached hydrogens (tertiary/aromatic N) is 5. The molecule has 3 heterocycles. The van der Waals surface area contributed by atoms with Crippen molar-refractivity contribution in [3.05, 3.63) is 63.7 Å². The number of piperazine rings is 1. The number of amides is 1. The highest BCUT2D eigenvalue weighted by Crippen LogP contribution is 2.54. The zero-order chi connectivity index (χ0) is 38.2. The van der Waals surface area contributed by atoms with Gasteiger partial charge in [-0.15, -0.1) is 6.42 Å². The number of nitro groups is 1. The molecule has 54 heavy (non-hydrogen) atoms. The van der Waals surface area contributed by atoms with E-state index in [0.717, 1.165) is 51.4 Å². The number of benzene rings is 3. The molecular formula is C41H43F2N5O6. The predicted molar refractivity (Wildman–Crippen MR) is 199 cm³/mol. The lowest BCUT2D eigenvalue weighted by atomic mass is 9.59. The number of carbonyl (C=O) groups excluding carboxylic acids is 1. The number of carbonyl (C=O) groups is 1. The molecule has 11 nitrogen and oxygen atoms in total. The molecule has 5 fully saturated rings. The number of hydrogen-bond acceptors (Lipinski definition) is 9. The molecule has 3 aromatic carbocycles. The Kier molecular flexibility index (Phi) is 8.67. The Hall–Kier alpha value is -5.09. The fraction of sp³-hybridized carbons (Fsp3) is 0.488. The van der Waals surface area contributed by atoms with Crippen molar-refractivity contribution in [1.82, 2.24) is 14.9 Å². The van der Waals surface area contributed by atoms with Crippen LogP contribution in [0.1, 0.15) is 77.7 Å². The Balaban J connectivity index is 1.26. The van der Waals surface area contributed by atoms with Crippen molar-refractivity contribution in [3.63, 3.8) is 0 Å². The van der Waals surface area contributed by atoms with E-state index in [1.807, 2.05) is 25.7 Å². The summed E-state index contributed by atoms with van der Waals surface area (Å²) in [7, 11) is 1.77. The maximum atomic E-state index is 17.4. The number of fused-ring (bicyclic) bond motifs is 7. The standard InChI is InChI=1S/C41H43F2N5O6/c1-6-27-30(42)13-10-24-8-7-9-28(32(24)27)33-31(48(50)51)20-29-35(34(33)43)44-37(53-23-40-14-17-41(52-5,18-15-40)19-16-40)45-36(29)46-21-25-11-12-26(22-46)47(25)38(49)54-39(2,3)4/h1,7-10,13,20,25-26H,11-12,14-19,21-23H2,2-5H3/t25-,26+,40?,41?. The van der Waals surface area contributed by atoms with Gasteiger partial charge in [0.05, 0.1) is 45.7 Å². The van der Waals surface area contributed by atoms with Gasteiger partial charge in [0, 0.05) is 42.6 Å². The molecule has 3 aliphatic carbocycles. The molecule has 4 bridgehead atoms. The zero-order valence-corrected chi connectivity index (χ0v) is 30.9. The second-order valence-electron chi connectivity index (χ2n) is 16.4. The van der Waals surface area contributed by atoms with E-state index in [2.05, 4.69) is 10.9 Å². The van der Waals surface area contributed by atoms with Crippen molar-refractivity contribution in [2.24, 2.45) is 5.41 Å². The lowest BCUT2D eigenvalue weighted by Gasteiger charge is -2.52. The third-order valence-electron chi connectivity index (χ3n) is 12.1. The molecule has 0 unspecified atom stereocenters. The summed E-state index contributed by atoms with van der Waals surface area (Å²) in [5, 5.41) is 13.6. The van der Waals surface area contributed by atoms with Gasteiger partial charge in [-0.25, -0.2) is 13.6 Å². The van der Waals surface area contributed by atoms with Gasteiger partial charge in [0.1, 0.15) is 22.8 Å². The molecule has 2 saturated heterocycles. The molecule has 0 N–H and O–H groups in total. The Morgan fingerprint density at radius 1 is 1.06 bits per heavy atom. The number of terminal acetylenes is 1. The topological polar surface area (TPSA) is 120 Å². The minimum Gasteiger partial charge on any atom is -0.463 e. The van der Waals surface area contributed by atoms with E-state index < -0.39 is 33.9 Å². The van der Waals surface area contributed by atoms with Gasteiger partial charge in [0.15, 0.2) is 5.82 Å². The number of ether oxygens (including phenoxy) is 3. The van der Waals surface area contributed by atoms with Crippen LogP contribution in [-0.2, 0) is 9.47 Å². The van der Waals surface area contributed by atoms with E-state index in [9.17, 15) is 14.9 Å². The monoisotopic (exact) mass is 739 g/mol. The quantitative estimate of drug-likeness (QED) is 0.105. The fourth-order valence-corrected chi connectivity index (χ4v) is 9.24. The van der Waals surface area contributed by atoms with Crippen LogP contribution in [0.4, 0.5) is 25.1 Å². The smallest absolute Gasteiger partial charge is 0.410 e. The van der Waals surface area contributed by atoms with Crippen molar-refractivity contribution in [3.8, 4) is 29.5 Å². The van der Waals surface area contributed by atoms with Crippen LogP contribution in [0.2, 0.25) is 0 Å². The van der Waals surface area contributed by atoms with Gasteiger partial charge < -0.3 is 19.1 Å². The third kappa shape index (κ3) is 6.04.